The molecule has 6 heteroatoms. The van der Waals surface area contributed by atoms with Crippen molar-refractivity contribution in [2.75, 3.05) is 20.1 Å². The van der Waals surface area contributed by atoms with Gasteiger partial charge in [0.25, 0.3) is 0 Å². The normalized spacial score (nSPS) is 21.8. The highest BCUT2D eigenvalue weighted by Crippen LogP contribution is 2.32. The number of piperidine rings is 1. The van der Waals surface area contributed by atoms with E-state index in [0.717, 1.165) is 31.3 Å². The lowest BCUT2D eigenvalue weighted by atomic mass is 9.82. The summed E-state index contributed by atoms with van der Waals surface area (Å²) in [5, 5.41) is 11.4. The molecule has 3 rings (SSSR count). The molecule has 0 radical (unpaired) electrons. The Bertz CT molecular complexity index is 678. The summed E-state index contributed by atoms with van der Waals surface area (Å²) in [6, 6.07) is 10.9. The molecule has 6 nitrogen and oxygen atoms in total. The minimum absolute atomic E-state index is 0.592. The summed E-state index contributed by atoms with van der Waals surface area (Å²) in [4.78, 5) is 6.79. The van der Waals surface area contributed by atoms with Gasteiger partial charge in [-0.3, -0.25) is 4.99 Å². The molecule has 2 atom stereocenters. The zero-order valence-electron chi connectivity index (χ0n) is 14.7. The smallest absolute Gasteiger partial charge is 0.194 e. The van der Waals surface area contributed by atoms with Crippen LogP contribution in [0.3, 0.4) is 0 Å². The van der Waals surface area contributed by atoms with Crippen molar-refractivity contribution in [2.24, 2.45) is 18.0 Å². The Morgan fingerprint density at radius 1 is 1.33 bits per heavy atom. The molecule has 1 saturated heterocycles. The highest BCUT2D eigenvalue weighted by Gasteiger charge is 2.28. The molecule has 0 amide bonds. The molecule has 1 N–H and O–H groups in total. The average Bonchev–Trinajstić information content (AvgIpc) is 3.01. The number of guanidine groups is 1. The Morgan fingerprint density at radius 2 is 2.12 bits per heavy atom. The molecule has 128 valence electrons. The number of benzene rings is 1. The zero-order chi connectivity index (χ0) is 16.9. The molecular formula is C18H26N6. The van der Waals surface area contributed by atoms with E-state index in [2.05, 4.69) is 62.7 Å². The van der Waals surface area contributed by atoms with Crippen LogP contribution in [0.5, 0.6) is 0 Å². The number of hydrogen-bond acceptors (Lipinski definition) is 3. The van der Waals surface area contributed by atoms with Gasteiger partial charge in [0.05, 0.1) is 6.54 Å². The number of aliphatic imine (C=N–C) groups is 1. The van der Waals surface area contributed by atoms with Gasteiger partial charge in [0.2, 0.25) is 0 Å². The minimum Gasteiger partial charge on any atom is -0.349 e. The van der Waals surface area contributed by atoms with Crippen LogP contribution in [0, 0.1) is 5.92 Å². The molecule has 2 heterocycles. The molecular weight excluding hydrogens is 300 g/mol. The number of aromatic nitrogens is 3. The summed E-state index contributed by atoms with van der Waals surface area (Å²) in [6.07, 6.45) is 2.86. The second-order valence-electron chi connectivity index (χ2n) is 6.49. The monoisotopic (exact) mass is 326 g/mol. The average molecular weight is 326 g/mol. The molecule has 1 aliphatic rings. The molecule has 0 aliphatic carbocycles. The standard InChI is InChI=1S/C18H26N6/c1-14-12-24(10-9-16(14)15-7-5-4-6-8-15)18(19-2)20-11-17-22-21-13-23(17)3/h4-8,13-14,16H,9-12H2,1-3H3,(H,19,20). The fourth-order valence-electron chi connectivity index (χ4n) is 3.49. The molecule has 1 aliphatic heterocycles. The lowest BCUT2D eigenvalue weighted by molar-refractivity contribution is 0.234. The second kappa shape index (κ2) is 7.47. The topological polar surface area (TPSA) is 58.3 Å². The van der Waals surface area contributed by atoms with E-state index in [-0.39, 0.29) is 0 Å². The summed E-state index contributed by atoms with van der Waals surface area (Å²) < 4.78 is 1.92. The lowest BCUT2D eigenvalue weighted by Gasteiger charge is -2.38. The number of likely N-dealkylation sites (tertiary alicyclic amines) is 1. The van der Waals surface area contributed by atoms with E-state index in [1.807, 2.05) is 18.7 Å². The molecule has 0 bridgehead atoms. The van der Waals surface area contributed by atoms with Crippen LogP contribution in [0.25, 0.3) is 0 Å². The van der Waals surface area contributed by atoms with E-state index in [1.54, 1.807) is 6.33 Å². The van der Waals surface area contributed by atoms with E-state index in [0.29, 0.717) is 18.4 Å². The van der Waals surface area contributed by atoms with Gasteiger partial charge >= 0.3 is 0 Å². The van der Waals surface area contributed by atoms with Crippen LogP contribution in [0.4, 0.5) is 0 Å². The Balaban J connectivity index is 1.60. The van der Waals surface area contributed by atoms with Crippen molar-refractivity contribution in [3.8, 4) is 0 Å². The first-order valence-electron chi connectivity index (χ1n) is 8.52. The number of rotatable bonds is 3. The third kappa shape index (κ3) is 3.58. The maximum Gasteiger partial charge on any atom is 0.194 e. The third-order valence-electron chi connectivity index (χ3n) is 4.85. The maximum absolute atomic E-state index is 4.45. The van der Waals surface area contributed by atoms with Gasteiger partial charge in [0.15, 0.2) is 11.8 Å². The van der Waals surface area contributed by atoms with Crippen LogP contribution in [-0.4, -0.2) is 45.8 Å². The molecule has 24 heavy (non-hydrogen) atoms. The van der Waals surface area contributed by atoms with Crippen molar-refractivity contribution in [3.05, 3.63) is 48.0 Å². The van der Waals surface area contributed by atoms with E-state index in [4.69, 9.17) is 0 Å². The van der Waals surface area contributed by atoms with Crippen molar-refractivity contribution in [3.63, 3.8) is 0 Å². The zero-order valence-corrected chi connectivity index (χ0v) is 14.7. The fraction of sp³-hybridized carbons (Fsp3) is 0.500. The molecule has 1 aromatic heterocycles. The molecule has 0 saturated carbocycles. The van der Waals surface area contributed by atoms with Crippen LogP contribution in [-0.2, 0) is 13.6 Å². The van der Waals surface area contributed by atoms with Crippen LogP contribution >= 0.6 is 0 Å². The highest BCUT2D eigenvalue weighted by molar-refractivity contribution is 5.79. The fourth-order valence-corrected chi connectivity index (χ4v) is 3.49. The van der Waals surface area contributed by atoms with Gasteiger partial charge in [0, 0.05) is 27.2 Å². The van der Waals surface area contributed by atoms with Crippen LogP contribution in [0.15, 0.2) is 41.7 Å². The van der Waals surface area contributed by atoms with Crippen molar-refractivity contribution >= 4 is 5.96 Å². The summed E-state index contributed by atoms with van der Waals surface area (Å²) in [5.41, 5.74) is 1.45. The highest BCUT2D eigenvalue weighted by atomic mass is 15.3. The van der Waals surface area contributed by atoms with E-state index < -0.39 is 0 Å². The molecule has 0 spiro atoms. The maximum atomic E-state index is 4.45. The van der Waals surface area contributed by atoms with Gasteiger partial charge in [-0.15, -0.1) is 10.2 Å². The van der Waals surface area contributed by atoms with Gasteiger partial charge in [-0.05, 0) is 23.8 Å². The van der Waals surface area contributed by atoms with E-state index in [9.17, 15) is 0 Å². The van der Waals surface area contributed by atoms with Crippen molar-refractivity contribution < 1.29 is 0 Å². The first-order valence-corrected chi connectivity index (χ1v) is 8.52. The van der Waals surface area contributed by atoms with Crippen molar-refractivity contribution in [2.45, 2.75) is 25.8 Å². The first-order chi connectivity index (χ1) is 11.7. The second-order valence-corrected chi connectivity index (χ2v) is 6.49. The first kappa shape index (κ1) is 16.5. The Kier molecular flexibility index (Phi) is 5.13. The summed E-state index contributed by atoms with van der Waals surface area (Å²) >= 11 is 0. The molecule has 2 aromatic rings. The van der Waals surface area contributed by atoms with Gasteiger partial charge < -0.3 is 14.8 Å². The van der Waals surface area contributed by atoms with E-state index >= 15 is 0 Å². The largest absolute Gasteiger partial charge is 0.349 e. The van der Waals surface area contributed by atoms with Crippen molar-refractivity contribution in [1.82, 2.24) is 25.0 Å². The van der Waals surface area contributed by atoms with Gasteiger partial charge in [-0.25, -0.2) is 0 Å². The Labute approximate surface area is 143 Å². The van der Waals surface area contributed by atoms with Crippen molar-refractivity contribution in [1.29, 1.82) is 0 Å². The summed E-state index contributed by atoms with van der Waals surface area (Å²) in [5.74, 6) is 3.06. The number of hydrogen-bond donors (Lipinski definition) is 1. The summed E-state index contributed by atoms with van der Waals surface area (Å²) in [7, 11) is 3.79. The summed E-state index contributed by atoms with van der Waals surface area (Å²) in [6.45, 7) is 5.00. The van der Waals surface area contributed by atoms with Gasteiger partial charge in [-0.2, -0.15) is 0 Å². The number of nitrogens with zero attached hydrogens (tertiary/aromatic N) is 5. The lowest BCUT2D eigenvalue weighted by Crippen LogP contribution is -2.47. The minimum atomic E-state index is 0.592. The number of nitrogens with one attached hydrogen (secondary N) is 1. The van der Waals surface area contributed by atoms with Gasteiger partial charge in [-0.1, -0.05) is 37.3 Å². The van der Waals surface area contributed by atoms with Crippen LogP contribution < -0.4 is 5.32 Å². The predicted octanol–water partition coefficient (Wildman–Crippen LogP) is 2.02. The van der Waals surface area contributed by atoms with E-state index in [1.165, 1.54) is 5.56 Å². The molecule has 1 fully saturated rings. The number of aryl methyl sites for hydroxylation is 1. The SMILES string of the molecule is CN=C(NCc1nncn1C)N1CCC(c2ccccc2)C(C)C1. The van der Waals surface area contributed by atoms with Crippen LogP contribution in [0.2, 0.25) is 0 Å². The predicted molar refractivity (Wildman–Crippen MR) is 95.7 cm³/mol. The van der Waals surface area contributed by atoms with Gasteiger partial charge in [0.1, 0.15) is 6.33 Å². The Hall–Kier alpha value is -2.37. The Morgan fingerprint density at radius 3 is 2.75 bits per heavy atom. The quantitative estimate of drug-likeness (QED) is 0.692. The van der Waals surface area contributed by atoms with Crippen LogP contribution in [0.1, 0.15) is 30.7 Å². The molecule has 1 aromatic carbocycles. The third-order valence-corrected chi connectivity index (χ3v) is 4.85. The molecule has 2 unspecified atom stereocenters.